The first-order valence-electron chi connectivity index (χ1n) is 6.66. The van der Waals surface area contributed by atoms with E-state index in [2.05, 4.69) is 84.4 Å². The van der Waals surface area contributed by atoms with Crippen molar-refractivity contribution < 1.29 is 11.2 Å². The second-order valence-electron chi connectivity index (χ2n) is 8.77. The van der Waals surface area contributed by atoms with E-state index in [1.54, 1.807) is 4.17 Å². The van der Waals surface area contributed by atoms with Crippen LogP contribution < -0.4 is 4.29 Å². The van der Waals surface area contributed by atoms with Crippen LogP contribution in [-0.2, 0) is 11.2 Å². The van der Waals surface area contributed by atoms with Crippen molar-refractivity contribution in [2.45, 2.75) is 53.3 Å². The quantitative estimate of drug-likeness (QED) is 0.664. The van der Waals surface area contributed by atoms with E-state index >= 15 is 0 Å². The van der Waals surface area contributed by atoms with E-state index < -0.39 is 11.2 Å². The van der Waals surface area contributed by atoms with Crippen LogP contribution in [0.4, 0.5) is 0 Å². The van der Waals surface area contributed by atoms with Gasteiger partial charge in [0.25, 0.3) is 0 Å². The predicted molar refractivity (Wildman–Crippen MR) is 85.4 cm³/mol. The van der Waals surface area contributed by atoms with Crippen molar-refractivity contribution in [1.82, 2.24) is 4.98 Å². The Kier molecular flexibility index (Phi) is 2.23. The second kappa shape index (κ2) is 2.86. The number of aromatic nitrogens is 1. The van der Waals surface area contributed by atoms with E-state index in [0.29, 0.717) is 0 Å². The van der Waals surface area contributed by atoms with Gasteiger partial charge in [-0.2, -0.15) is 0 Å². The zero-order chi connectivity index (χ0) is 14.7. The minimum absolute atomic E-state index is 0.185. The standard InChI is InChI=1S/C5H5.C4H4N.C4H9.4CH3.Ru/c2*1-2-4-5-3-1;1-4(2)3;;;;;/h1-3H,4H2;1-3,5H;1-3H3;4*1H3;. The molecule has 1 N–H and O–H groups in total. The number of hydrogen-bond acceptors (Lipinski definition) is 0. The van der Waals surface area contributed by atoms with Gasteiger partial charge in [-0.1, -0.05) is 0 Å². The summed E-state index contributed by atoms with van der Waals surface area (Å²) in [5.74, 6) is 0. The van der Waals surface area contributed by atoms with Crippen molar-refractivity contribution in [2.24, 2.45) is 0 Å². The molecule has 0 amide bonds. The average molecular weight is 350 g/mol. The Balaban J connectivity index is 3.03. The van der Waals surface area contributed by atoms with Gasteiger partial charge in [0.1, 0.15) is 0 Å². The first-order chi connectivity index (χ1) is 8.27. The minimum atomic E-state index is -3.97. The van der Waals surface area contributed by atoms with Gasteiger partial charge in [-0.25, -0.2) is 0 Å². The SMILES string of the molecule is C[C](C)(C)[Ru]([CH3])([CH3])([CH3])([CH3])([C]1=CC=CC1)[c]1ccc[nH]1. The first-order valence-corrected chi connectivity index (χ1v) is 16.2. The first kappa shape index (κ1) is 14.8. The van der Waals surface area contributed by atoms with Crippen molar-refractivity contribution in [3.05, 3.63) is 40.7 Å². The number of H-pyrrole nitrogens is 1. The Bertz CT molecular complexity index is 593. The van der Waals surface area contributed by atoms with Crippen LogP contribution >= 0.6 is 0 Å². The fraction of sp³-hybridized carbons (Fsp3) is 0.529. The average Bonchev–Trinajstić information content (AvgIpc) is 2.90. The summed E-state index contributed by atoms with van der Waals surface area (Å²) in [6.45, 7) is 7.25. The Morgan fingerprint density at radius 1 is 1.11 bits per heavy atom. The van der Waals surface area contributed by atoms with Crippen LogP contribution in [-0.4, -0.2) is 4.98 Å². The van der Waals surface area contributed by atoms with Gasteiger partial charge in [-0.15, -0.1) is 0 Å². The molecule has 0 saturated carbocycles. The van der Waals surface area contributed by atoms with E-state index in [1.165, 1.54) is 4.29 Å². The molecule has 1 nitrogen and oxygen atoms in total. The molecule has 0 bridgehead atoms. The fourth-order valence-electron chi connectivity index (χ4n) is 2.67. The van der Waals surface area contributed by atoms with Gasteiger partial charge in [0.05, 0.1) is 0 Å². The van der Waals surface area contributed by atoms with Crippen LogP contribution in [0.3, 0.4) is 0 Å². The van der Waals surface area contributed by atoms with E-state index in [0.717, 1.165) is 6.42 Å². The number of rotatable bonds is 2. The van der Waals surface area contributed by atoms with Crippen LogP contribution in [0.2, 0.25) is 26.1 Å². The summed E-state index contributed by atoms with van der Waals surface area (Å²) in [5, 5.41) is 0. The molecule has 111 valence electrons. The van der Waals surface area contributed by atoms with Gasteiger partial charge < -0.3 is 0 Å². The Labute approximate surface area is 114 Å². The normalized spacial score (nSPS) is 22.3. The number of aromatic amines is 1. The molecule has 0 spiro atoms. The molecule has 1 aromatic rings. The van der Waals surface area contributed by atoms with Crippen LogP contribution in [0.1, 0.15) is 27.2 Å². The molecule has 0 aliphatic heterocycles. The summed E-state index contributed by atoms with van der Waals surface area (Å²) in [6.07, 6.45) is 10.1. The van der Waals surface area contributed by atoms with Gasteiger partial charge in [0, 0.05) is 0 Å². The summed E-state index contributed by atoms with van der Waals surface area (Å²) in [5.41, 5.74) is 10.3. The second-order valence-corrected chi connectivity index (χ2v) is 35.6. The Morgan fingerprint density at radius 2 is 1.74 bits per heavy atom. The molecule has 0 aromatic carbocycles. The van der Waals surface area contributed by atoms with Crippen LogP contribution in [0.15, 0.2) is 40.7 Å². The maximum atomic E-state index is 3.59. The maximum absolute atomic E-state index is 3.97. The third-order valence-electron chi connectivity index (χ3n) is 6.01. The molecule has 19 heavy (non-hydrogen) atoms. The molecule has 0 atom stereocenters. The van der Waals surface area contributed by atoms with Crippen LogP contribution in [0.5, 0.6) is 0 Å². The van der Waals surface area contributed by atoms with Gasteiger partial charge in [0.2, 0.25) is 0 Å². The van der Waals surface area contributed by atoms with Crippen molar-refractivity contribution in [1.29, 1.82) is 0 Å². The van der Waals surface area contributed by atoms with Crippen molar-refractivity contribution in [3.63, 3.8) is 0 Å². The van der Waals surface area contributed by atoms with E-state index in [1.807, 2.05) is 0 Å². The number of nitrogens with one attached hydrogen (secondary N) is 1. The molecule has 0 radical (unpaired) electrons. The molecular formula is C17H30NRu. The van der Waals surface area contributed by atoms with Gasteiger partial charge >= 0.3 is 115 Å². The Morgan fingerprint density at radius 3 is 2.11 bits per heavy atom. The van der Waals surface area contributed by atoms with Crippen molar-refractivity contribution >= 4 is 4.29 Å². The van der Waals surface area contributed by atoms with E-state index in [4.69, 9.17) is 0 Å². The third-order valence-corrected chi connectivity index (χ3v) is 30.5. The molecule has 1 aliphatic carbocycles. The summed E-state index contributed by atoms with van der Waals surface area (Å²) < 4.78 is 3.24. The van der Waals surface area contributed by atoms with Crippen LogP contribution in [0.25, 0.3) is 0 Å². The van der Waals surface area contributed by atoms with Gasteiger partial charge in [-0.3, -0.25) is 0 Å². The molecule has 1 heterocycles. The Hall–Kier alpha value is -0.617. The van der Waals surface area contributed by atoms with E-state index in [-0.39, 0.29) is 4.01 Å². The number of allylic oxidation sites excluding steroid dienone is 4. The summed E-state index contributed by atoms with van der Waals surface area (Å²) in [6, 6.07) is 4.44. The van der Waals surface area contributed by atoms with Crippen molar-refractivity contribution in [2.75, 3.05) is 0 Å². The van der Waals surface area contributed by atoms with Gasteiger partial charge in [-0.05, 0) is 0 Å². The van der Waals surface area contributed by atoms with Crippen LogP contribution in [0, 0.1) is 0 Å². The summed E-state index contributed by atoms with van der Waals surface area (Å²) in [4.78, 5) is 3.59. The monoisotopic (exact) mass is 350 g/mol. The molecule has 0 fully saturated rings. The molecule has 2 heteroatoms. The number of hydrogen-bond donors (Lipinski definition) is 1. The van der Waals surface area contributed by atoms with Crippen molar-refractivity contribution in [3.8, 4) is 0 Å². The summed E-state index contributed by atoms with van der Waals surface area (Å²) in [7, 11) is 0. The third kappa shape index (κ3) is 1.34. The molecular weight excluding hydrogens is 319 g/mol. The molecule has 1 aromatic heterocycles. The summed E-state index contributed by atoms with van der Waals surface area (Å²) >= 11 is -3.97. The molecule has 0 saturated heterocycles. The van der Waals surface area contributed by atoms with E-state index in [9.17, 15) is 0 Å². The molecule has 2 rings (SSSR count). The topological polar surface area (TPSA) is 15.8 Å². The fourth-order valence-corrected chi connectivity index (χ4v) is 13.0. The van der Waals surface area contributed by atoms with Gasteiger partial charge in [0.15, 0.2) is 0 Å². The predicted octanol–water partition coefficient (Wildman–Crippen LogP) is 5.66. The molecule has 1 aliphatic rings. The zero-order valence-corrected chi connectivity index (χ0v) is 15.3. The zero-order valence-electron chi connectivity index (χ0n) is 13.5. The molecule has 0 unspecified atom stereocenters.